The molecule has 0 nitrogen and oxygen atoms in total. The summed E-state index contributed by atoms with van der Waals surface area (Å²) in [6.07, 6.45) is 7.87. The predicted octanol–water partition coefficient (Wildman–Crippen LogP) is 3.55. The van der Waals surface area contributed by atoms with Crippen molar-refractivity contribution >= 4 is 0 Å². The van der Waals surface area contributed by atoms with Crippen molar-refractivity contribution in [2.75, 3.05) is 0 Å². The summed E-state index contributed by atoms with van der Waals surface area (Å²) >= 11 is 0. The maximum absolute atomic E-state index is 3.53. The lowest BCUT2D eigenvalue weighted by molar-refractivity contribution is 0.101. The van der Waals surface area contributed by atoms with Crippen LogP contribution in [0.3, 0.4) is 0 Å². The maximum atomic E-state index is 3.53. The van der Waals surface area contributed by atoms with Crippen LogP contribution in [-0.2, 0) is 0 Å². The van der Waals surface area contributed by atoms with E-state index < -0.39 is 0 Å². The van der Waals surface area contributed by atoms with Crippen LogP contribution in [-0.4, -0.2) is 0 Å². The van der Waals surface area contributed by atoms with Gasteiger partial charge in [0.1, 0.15) is 0 Å². The number of hydrogen-bond donors (Lipinski definition) is 0. The van der Waals surface area contributed by atoms with Crippen molar-refractivity contribution in [1.29, 1.82) is 0 Å². The summed E-state index contributed by atoms with van der Waals surface area (Å²) in [6.45, 7) is 9.45. The molecule has 0 aromatic heterocycles. The van der Waals surface area contributed by atoms with Crippen molar-refractivity contribution in [2.45, 2.75) is 47.0 Å². The topological polar surface area (TPSA) is 0 Å². The second-order valence-electron chi connectivity index (χ2n) is 5.64. The molecule has 2 bridgehead atoms. The van der Waals surface area contributed by atoms with Crippen LogP contribution < -0.4 is 0 Å². The Kier molecular flexibility index (Phi) is 1.63. The molecule has 3 atom stereocenters. The summed E-state index contributed by atoms with van der Waals surface area (Å²) in [4.78, 5) is 0. The monoisotopic (exact) mass is 164 g/mol. The van der Waals surface area contributed by atoms with Crippen molar-refractivity contribution in [3.63, 3.8) is 0 Å². The Balaban J connectivity index is 2.31. The molecule has 68 valence electrons. The molecule has 2 aliphatic carbocycles. The first-order valence-electron chi connectivity index (χ1n) is 5.18. The summed E-state index contributed by atoms with van der Waals surface area (Å²) in [6, 6.07) is 0. The highest BCUT2D eigenvalue weighted by atomic mass is 14.6. The summed E-state index contributed by atoms with van der Waals surface area (Å²) < 4.78 is 0. The second kappa shape index (κ2) is 2.27. The van der Waals surface area contributed by atoms with Crippen LogP contribution in [0.5, 0.6) is 0 Å². The highest BCUT2D eigenvalue weighted by Crippen LogP contribution is 2.66. The minimum Gasteiger partial charge on any atom is -0.0593 e. The molecule has 2 saturated carbocycles. The lowest BCUT2D eigenvalue weighted by Crippen LogP contribution is -2.34. The van der Waals surface area contributed by atoms with Crippen molar-refractivity contribution in [1.82, 2.24) is 0 Å². The van der Waals surface area contributed by atoms with E-state index in [-0.39, 0.29) is 0 Å². The van der Waals surface area contributed by atoms with Crippen LogP contribution >= 0.6 is 0 Å². The van der Waals surface area contributed by atoms with E-state index in [0.717, 1.165) is 11.8 Å². The second-order valence-corrected chi connectivity index (χ2v) is 5.64. The van der Waals surface area contributed by atoms with Gasteiger partial charge in [-0.1, -0.05) is 27.7 Å². The first kappa shape index (κ1) is 8.59. The minimum absolute atomic E-state index is 0.530. The highest BCUT2D eigenvalue weighted by Gasteiger charge is 2.58. The Morgan fingerprint density at radius 2 is 1.92 bits per heavy atom. The Hall–Kier alpha value is 0. The Bertz CT molecular complexity index is 187. The molecular formula is C12H20. The minimum atomic E-state index is 0.530. The van der Waals surface area contributed by atoms with E-state index in [1.54, 1.807) is 0 Å². The third kappa shape index (κ3) is 0.843. The Morgan fingerprint density at radius 1 is 1.25 bits per heavy atom. The van der Waals surface area contributed by atoms with Crippen LogP contribution in [0.15, 0.2) is 0 Å². The third-order valence-electron chi connectivity index (χ3n) is 4.56. The van der Waals surface area contributed by atoms with Crippen molar-refractivity contribution in [3.8, 4) is 0 Å². The normalized spacial score (nSPS) is 50.0. The van der Waals surface area contributed by atoms with Crippen molar-refractivity contribution < 1.29 is 0 Å². The summed E-state index contributed by atoms with van der Waals surface area (Å²) in [5.74, 6) is 1.71. The Morgan fingerprint density at radius 3 is 2.25 bits per heavy atom. The summed E-state index contributed by atoms with van der Waals surface area (Å²) in [5.41, 5.74) is 1.13. The fourth-order valence-corrected chi connectivity index (χ4v) is 4.02. The molecule has 2 aliphatic rings. The van der Waals surface area contributed by atoms with E-state index in [4.69, 9.17) is 0 Å². The van der Waals surface area contributed by atoms with Crippen LogP contribution in [0.1, 0.15) is 47.0 Å². The van der Waals surface area contributed by atoms with Gasteiger partial charge in [-0.2, -0.15) is 0 Å². The molecule has 2 rings (SSSR count). The van der Waals surface area contributed by atoms with E-state index in [1.165, 1.54) is 19.3 Å². The molecule has 0 N–H and O–H groups in total. The average molecular weight is 164 g/mol. The molecule has 0 spiro atoms. The number of hydrogen-bond acceptors (Lipinski definition) is 0. The van der Waals surface area contributed by atoms with Gasteiger partial charge in [0.2, 0.25) is 0 Å². The van der Waals surface area contributed by atoms with Gasteiger partial charge in [0.05, 0.1) is 0 Å². The molecule has 2 radical (unpaired) electrons. The van der Waals surface area contributed by atoms with Crippen LogP contribution in [0, 0.1) is 29.1 Å². The van der Waals surface area contributed by atoms with Crippen LogP contribution in [0.2, 0.25) is 0 Å². The zero-order valence-corrected chi connectivity index (χ0v) is 8.78. The number of fused-ring (bicyclic) bond motifs is 2. The van der Waals surface area contributed by atoms with Gasteiger partial charge in [-0.15, -0.1) is 0 Å². The van der Waals surface area contributed by atoms with Gasteiger partial charge in [-0.05, 0) is 48.3 Å². The summed E-state index contributed by atoms with van der Waals surface area (Å²) in [7, 11) is 0. The molecule has 0 heterocycles. The fraction of sp³-hybridized carbons (Fsp3) is 0.917. The van der Waals surface area contributed by atoms with E-state index in [2.05, 4.69) is 34.1 Å². The van der Waals surface area contributed by atoms with Gasteiger partial charge in [0, 0.05) is 0 Å². The predicted molar refractivity (Wildman–Crippen MR) is 51.6 cm³/mol. The fourth-order valence-electron chi connectivity index (χ4n) is 4.02. The average Bonchev–Trinajstić information content (AvgIpc) is 2.39. The quantitative estimate of drug-likeness (QED) is 0.556. The lowest BCUT2D eigenvalue weighted by atomic mass is 9.63. The molecule has 0 heteroatoms. The SMILES string of the molecule is C[C]C1C2(C)CCC(C2)C1(C)C. The van der Waals surface area contributed by atoms with Gasteiger partial charge in [-0.3, -0.25) is 0 Å². The molecule has 0 aromatic carbocycles. The molecule has 2 fully saturated rings. The molecular weight excluding hydrogens is 144 g/mol. The molecule has 0 aromatic rings. The first-order valence-corrected chi connectivity index (χ1v) is 5.18. The molecule has 12 heavy (non-hydrogen) atoms. The first-order chi connectivity index (χ1) is 5.50. The smallest absolute Gasteiger partial charge is 0.0162 e. The maximum Gasteiger partial charge on any atom is -0.0162 e. The standard InChI is InChI=1S/C12H20/c1-5-10-11(2,3)9-6-7-12(10,4)8-9/h9-10H,6-8H2,1-4H3. The molecule has 3 unspecified atom stereocenters. The largest absolute Gasteiger partial charge is 0.0593 e. The zero-order valence-electron chi connectivity index (χ0n) is 8.78. The van der Waals surface area contributed by atoms with Crippen molar-refractivity contribution in [2.24, 2.45) is 22.7 Å². The van der Waals surface area contributed by atoms with Gasteiger partial charge in [0.15, 0.2) is 0 Å². The van der Waals surface area contributed by atoms with Crippen molar-refractivity contribution in [3.05, 3.63) is 6.42 Å². The van der Waals surface area contributed by atoms with E-state index in [1.807, 2.05) is 0 Å². The van der Waals surface area contributed by atoms with Gasteiger partial charge in [-0.25, -0.2) is 0 Å². The molecule has 0 saturated heterocycles. The molecule has 0 amide bonds. The highest BCUT2D eigenvalue weighted by molar-refractivity contribution is 5.11. The Labute approximate surface area is 76.7 Å². The van der Waals surface area contributed by atoms with Crippen LogP contribution in [0.25, 0.3) is 0 Å². The van der Waals surface area contributed by atoms with E-state index in [9.17, 15) is 0 Å². The lowest BCUT2D eigenvalue weighted by Gasteiger charge is -2.42. The summed E-state index contributed by atoms with van der Waals surface area (Å²) in [5, 5.41) is 0. The van der Waals surface area contributed by atoms with E-state index in [0.29, 0.717) is 10.8 Å². The molecule has 0 aliphatic heterocycles. The van der Waals surface area contributed by atoms with E-state index >= 15 is 0 Å². The van der Waals surface area contributed by atoms with Crippen LogP contribution in [0.4, 0.5) is 0 Å². The van der Waals surface area contributed by atoms with Gasteiger partial charge >= 0.3 is 0 Å². The third-order valence-corrected chi connectivity index (χ3v) is 4.56. The number of rotatable bonds is 1. The zero-order chi connectivity index (χ0) is 8.98. The van der Waals surface area contributed by atoms with Gasteiger partial charge in [0.25, 0.3) is 0 Å². The van der Waals surface area contributed by atoms with Gasteiger partial charge < -0.3 is 0 Å².